The van der Waals surface area contributed by atoms with Crippen LogP contribution >= 0.6 is 0 Å². The first kappa shape index (κ1) is 25.3. The lowest BCUT2D eigenvalue weighted by Crippen LogP contribution is -2.45. The van der Waals surface area contributed by atoms with Crippen LogP contribution in [-0.4, -0.2) is 63.0 Å². The summed E-state index contributed by atoms with van der Waals surface area (Å²) in [6.45, 7) is 3.40. The highest BCUT2D eigenvalue weighted by atomic mass is 32.2. The van der Waals surface area contributed by atoms with Crippen molar-refractivity contribution in [2.75, 3.05) is 39.5 Å². The number of rotatable bonds is 17. The maximum atomic E-state index is 11.9. The second-order valence-electron chi connectivity index (χ2n) is 7.86. The standard InChI is InChI=1S/C19H39NO5S/c1-4-5-6-7-8-9-10-11-12-13-16-25-19(21)18-20(2,3)15-14-17-26(22,23)24/h4-18H2,1-3H3/p+1. The summed E-state index contributed by atoms with van der Waals surface area (Å²) in [5, 5.41) is 0. The molecule has 0 aliphatic carbocycles. The molecular formula is C19H40NO5S+. The highest BCUT2D eigenvalue weighted by Gasteiger charge is 2.21. The fourth-order valence-electron chi connectivity index (χ4n) is 2.92. The SMILES string of the molecule is CCCCCCCCCCCCOC(=O)C[N+](C)(C)CCCS(=O)(=O)O. The monoisotopic (exact) mass is 394 g/mol. The van der Waals surface area contributed by atoms with Gasteiger partial charge in [-0.05, 0) is 6.42 Å². The fraction of sp³-hybridized carbons (Fsp3) is 0.947. The molecule has 0 spiro atoms. The fourth-order valence-corrected chi connectivity index (χ4v) is 3.42. The summed E-state index contributed by atoms with van der Waals surface area (Å²) >= 11 is 0. The van der Waals surface area contributed by atoms with Gasteiger partial charge in [0.2, 0.25) is 0 Å². The van der Waals surface area contributed by atoms with E-state index in [4.69, 9.17) is 9.29 Å². The van der Waals surface area contributed by atoms with E-state index < -0.39 is 10.1 Å². The van der Waals surface area contributed by atoms with E-state index in [9.17, 15) is 13.2 Å². The van der Waals surface area contributed by atoms with Crippen molar-refractivity contribution < 1.29 is 27.0 Å². The summed E-state index contributed by atoms with van der Waals surface area (Å²) in [5.74, 6) is -0.528. The zero-order chi connectivity index (χ0) is 19.9. The number of likely N-dealkylation sites (N-methyl/N-ethyl adjacent to an activating group) is 1. The van der Waals surface area contributed by atoms with Crippen LogP contribution in [0.2, 0.25) is 0 Å². The van der Waals surface area contributed by atoms with Crippen LogP contribution < -0.4 is 0 Å². The number of ether oxygens (including phenoxy) is 1. The van der Waals surface area contributed by atoms with Crippen molar-refractivity contribution in [2.45, 2.75) is 77.6 Å². The quantitative estimate of drug-likeness (QED) is 0.176. The molecule has 6 nitrogen and oxygen atoms in total. The van der Waals surface area contributed by atoms with Crippen molar-refractivity contribution >= 4 is 16.1 Å². The first-order valence-electron chi connectivity index (χ1n) is 10.1. The second-order valence-corrected chi connectivity index (χ2v) is 9.43. The predicted molar refractivity (Wildman–Crippen MR) is 106 cm³/mol. The van der Waals surface area contributed by atoms with Crippen LogP contribution in [0, 0.1) is 0 Å². The molecule has 0 aliphatic heterocycles. The van der Waals surface area contributed by atoms with E-state index in [-0.39, 0.29) is 18.3 Å². The Labute approximate surface area is 160 Å². The molecule has 7 heteroatoms. The zero-order valence-corrected chi connectivity index (χ0v) is 17.9. The molecule has 0 unspecified atom stereocenters. The Kier molecular flexibility index (Phi) is 14.0. The van der Waals surface area contributed by atoms with Crippen LogP contribution in [0.5, 0.6) is 0 Å². The van der Waals surface area contributed by atoms with Gasteiger partial charge in [-0.2, -0.15) is 8.42 Å². The van der Waals surface area contributed by atoms with Gasteiger partial charge < -0.3 is 9.22 Å². The second kappa shape index (κ2) is 14.4. The van der Waals surface area contributed by atoms with Gasteiger partial charge in [0.05, 0.1) is 33.0 Å². The van der Waals surface area contributed by atoms with Crippen molar-refractivity contribution in [2.24, 2.45) is 0 Å². The number of hydrogen-bond donors (Lipinski definition) is 1. The lowest BCUT2D eigenvalue weighted by atomic mass is 10.1. The third-order valence-electron chi connectivity index (χ3n) is 4.48. The number of hydrogen-bond acceptors (Lipinski definition) is 4. The van der Waals surface area contributed by atoms with Gasteiger partial charge in [0.1, 0.15) is 0 Å². The first-order valence-corrected chi connectivity index (χ1v) is 11.7. The van der Waals surface area contributed by atoms with Gasteiger partial charge in [-0.25, -0.2) is 4.79 Å². The van der Waals surface area contributed by atoms with E-state index in [0.717, 1.165) is 12.8 Å². The molecule has 1 N–H and O–H groups in total. The van der Waals surface area contributed by atoms with Crippen LogP contribution in [0.3, 0.4) is 0 Å². The van der Waals surface area contributed by atoms with E-state index in [1.54, 1.807) is 0 Å². The molecule has 0 radical (unpaired) electrons. The van der Waals surface area contributed by atoms with Crippen molar-refractivity contribution in [1.82, 2.24) is 0 Å². The van der Waals surface area contributed by atoms with Crippen molar-refractivity contribution in [3.63, 3.8) is 0 Å². The van der Waals surface area contributed by atoms with Crippen LogP contribution in [0.25, 0.3) is 0 Å². The van der Waals surface area contributed by atoms with E-state index in [2.05, 4.69) is 6.92 Å². The summed E-state index contributed by atoms with van der Waals surface area (Å²) < 4.78 is 35.8. The van der Waals surface area contributed by atoms with Crippen molar-refractivity contribution in [3.8, 4) is 0 Å². The lowest BCUT2D eigenvalue weighted by Gasteiger charge is -2.28. The van der Waals surface area contributed by atoms with Crippen molar-refractivity contribution in [3.05, 3.63) is 0 Å². The molecular weight excluding hydrogens is 354 g/mol. The molecule has 0 aromatic heterocycles. The Morgan fingerprint density at radius 3 is 1.88 bits per heavy atom. The average Bonchev–Trinajstić information content (AvgIpc) is 2.50. The minimum atomic E-state index is -3.93. The van der Waals surface area contributed by atoms with Gasteiger partial charge in [0.25, 0.3) is 10.1 Å². The number of carbonyl (C=O) groups excluding carboxylic acids is 1. The topological polar surface area (TPSA) is 80.7 Å². The van der Waals surface area contributed by atoms with Crippen molar-refractivity contribution in [1.29, 1.82) is 0 Å². The highest BCUT2D eigenvalue weighted by molar-refractivity contribution is 7.85. The Hall–Kier alpha value is -0.660. The normalized spacial score (nSPS) is 12.3. The first-order chi connectivity index (χ1) is 12.2. The van der Waals surface area contributed by atoms with Crippen LogP contribution in [0.4, 0.5) is 0 Å². The van der Waals surface area contributed by atoms with Crippen LogP contribution in [0.1, 0.15) is 77.6 Å². The van der Waals surface area contributed by atoms with Gasteiger partial charge in [-0.3, -0.25) is 4.55 Å². The Morgan fingerprint density at radius 1 is 0.885 bits per heavy atom. The summed E-state index contributed by atoms with van der Waals surface area (Å²) in [4.78, 5) is 11.9. The van der Waals surface area contributed by atoms with E-state index in [0.29, 0.717) is 24.1 Å². The lowest BCUT2D eigenvalue weighted by molar-refractivity contribution is -0.883. The molecule has 0 atom stereocenters. The van der Waals surface area contributed by atoms with Gasteiger partial charge in [0, 0.05) is 6.42 Å². The molecule has 26 heavy (non-hydrogen) atoms. The molecule has 0 saturated heterocycles. The smallest absolute Gasteiger partial charge is 0.361 e. The third kappa shape index (κ3) is 18.1. The minimum Gasteiger partial charge on any atom is -0.462 e. The molecule has 0 aromatic carbocycles. The zero-order valence-electron chi connectivity index (χ0n) is 17.0. The third-order valence-corrected chi connectivity index (χ3v) is 5.29. The number of carbonyl (C=O) groups is 1. The van der Waals surface area contributed by atoms with Gasteiger partial charge in [-0.1, -0.05) is 64.7 Å². The van der Waals surface area contributed by atoms with Gasteiger partial charge in [-0.15, -0.1) is 0 Å². The summed E-state index contributed by atoms with van der Waals surface area (Å²) in [5.41, 5.74) is 0. The Bertz CT molecular complexity index is 463. The van der Waals surface area contributed by atoms with Crippen LogP contribution in [0.15, 0.2) is 0 Å². The summed E-state index contributed by atoms with van der Waals surface area (Å²) in [7, 11) is -0.229. The predicted octanol–water partition coefficient (Wildman–Crippen LogP) is 3.80. The number of quaternary nitrogens is 1. The molecule has 0 bridgehead atoms. The van der Waals surface area contributed by atoms with Crippen LogP contribution in [-0.2, 0) is 19.6 Å². The van der Waals surface area contributed by atoms with Gasteiger partial charge in [0.15, 0.2) is 6.54 Å². The molecule has 0 saturated carbocycles. The van der Waals surface area contributed by atoms with E-state index >= 15 is 0 Å². The maximum Gasteiger partial charge on any atom is 0.361 e. The average molecular weight is 395 g/mol. The molecule has 0 amide bonds. The minimum absolute atomic E-state index is 0.212. The van der Waals surface area contributed by atoms with Gasteiger partial charge >= 0.3 is 5.97 Å². The molecule has 0 fully saturated rings. The summed E-state index contributed by atoms with van der Waals surface area (Å²) in [6.07, 6.45) is 12.8. The Morgan fingerprint density at radius 2 is 1.38 bits per heavy atom. The molecule has 156 valence electrons. The van der Waals surface area contributed by atoms with E-state index in [1.807, 2.05) is 14.1 Å². The number of nitrogens with zero attached hydrogens (tertiary/aromatic N) is 1. The van der Waals surface area contributed by atoms with E-state index in [1.165, 1.54) is 51.4 Å². The number of unbranched alkanes of at least 4 members (excludes halogenated alkanes) is 9. The molecule has 0 rings (SSSR count). The largest absolute Gasteiger partial charge is 0.462 e. The Balaban J connectivity index is 3.58. The maximum absolute atomic E-state index is 11.9. The molecule has 0 heterocycles. The number of esters is 1. The molecule has 0 aliphatic rings. The molecule has 0 aromatic rings. The highest BCUT2D eigenvalue weighted by Crippen LogP contribution is 2.10. The summed E-state index contributed by atoms with van der Waals surface area (Å²) in [6, 6.07) is 0.